The van der Waals surface area contributed by atoms with Crippen molar-refractivity contribution in [2.75, 3.05) is 25.9 Å². The molecule has 0 saturated carbocycles. The Morgan fingerprint density at radius 1 is 1.19 bits per heavy atom. The van der Waals surface area contributed by atoms with Crippen LogP contribution in [0, 0.1) is 5.92 Å². The maximum absolute atomic E-state index is 12.8. The molecule has 1 N–H and O–H groups in total. The lowest BCUT2D eigenvalue weighted by Crippen LogP contribution is -2.42. The standard InChI is InChI=1S/C22H24N4O4S/c1-31-20-16(5-4-10-23-20)21(28)25-11-8-15(9-12-25)13-24-19(27)14-26-17-6-2-3-7-18(17)30-22(26)29/h2-7,10,15H,8-9,11-14H2,1H3,(H,24,27). The molecule has 4 rings (SSSR count). The van der Waals surface area contributed by atoms with Gasteiger partial charge in [0.05, 0.1) is 11.1 Å². The van der Waals surface area contributed by atoms with Crippen LogP contribution >= 0.6 is 11.8 Å². The maximum atomic E-state index is 12.8. The van der Waals surface area contributed by atoms with Gasteiger partial charge in [0.1, 0.15) is 11.6 Å². The number of carbonyl (C=O) groups is 2. The minimum absolute atomic E-state index is 0.00569. The minimum atomic E-state index is -0.539. The second-order valence-electron chi connectivity index (χ2n) is 7.52. The number of fused-ring (bicyclic) bond motifs is 1. The second-order valence-corrected chi connectivity index (χ2v) is 8.32. The number of para-hydroxylation sites is 2. The third-order valence-electron chi connectivity index (χ3n) is 5.56. The number of hydrogen-bond acceptors (Lipinski definition) is 6. The second kappa shape index (κ2) is 9.38. The number of piperidine rings is 1. The van der Waals surface area contributed by atoms with Crippen LogP contribution in [0.3, 0.4) is 0 Å². The third-order valence-corrected chi connectivity index (χ3v) is 6.27. The number of aromatic nitrogens is 2. The van der Waals surface area contributed by atoms with E-state index in [1.807, 2.05) is 17.2 Å². The molecule has 1 fully saturated rings. The molecule has 31 heavy (non-hydrogen) atoms. The van der Waals surface area contributed by atoms with Crippen molar-refractivity contribution < 1.29 is 14.0 Å². The number of benzene rings is 1. The predicted octanol–water partition coefficient (Wildman–Crippen LogP) is 2.38. The van der Waals surface area contributed by atoms with E-state index in [1.165, 1.54) is 16.3 Å². The van der Waals surface area contributed by atoms with Crippen LogP contribution < -0.4 is 11.1 Å². The lowest BCUT2D eigenvalue weighted by Gasteiger charge is -2.32. The van der Waals surface area contributed by atoms with Crippen LogP contribution in [0.1, 0.15) is 23.2 Å². The van der Waals surface area contributed by atoms with E-state index < -0.39 is 5.76 Å². The SMILES string of the molecule is CSc1ncccc1C(=O)N1CCC(CNC(=O)Cn2c(=O)oc3ccccc32)CC1. The normalized spacial score (nSPS) is 14.7. The van der Waals surface area contributed by atoms with Crippen molar-refractivity contribution in [3.05, 3.63) is 58.7 Å². The van der Waals surface area contributed by atoms with Crippen molar-refractivity contribution >= 4 is 34.7 Å². The number of nitrogens with zero attached hydrogens (tertiary/aromatic N) is 3. The van der Waals surface area contributed by atoms with Crippen molar-refractivity contribution in [3.63, 3.8) is 0 Å². The molecule has 8 nitrogen and oxygen atoms in total. The predicted molar refractivity (Wildman–Crippen MR) is 118 cm³/mol. The first-order chi connectivity index (χ1) is 15.1. The van der Waals surface area contributed by atoms with Crippen molar-refractivity contribution in [2.45, 2.75) is 24.4 Å². The van der Waals surface area contributed by atoms with Crippen LogP contribution in [0.15, 0.2) is 56.8 Å². The van der Waals surface area contributed by atoms with E-state index in [4.69, 9.17) is 4.42 Å². The average molecular weight is 441 g/mol. The van der Waals surface area contributed by atoms with E-state index in [0.717, 1.165) is 17.9 Å². The van der Waals surface area contributed by atoms with Crippen LogP contribution in [-0.4, -0.2) is 52.2 Å². The van der Waals surface area contributed by atoms with Crippen LogP contribution in [0.2, 0.25) is 0 Å². The Balaban J connectivity index is 1.28. The Morgan fingerprint density at radius 2 is 1.97 bits per heavy atom. The lowest BCUT2D eigenvalue weighted by atomic mass is 9.96. The molecule has 3 aromatic rings. The smallest absolute Gasteiger partial charge is 0.408 e. The summed E-state index contributed by atoms with van der Waals surface area (Å²) in [6.45, 7) is 1.74. The van der Waals surface area contributed by atoms with E-state index >= 15 is 0 Å². The number of nitrogens with one attached hydrogen (secondary N) is 1. The summed E-state index contributed by atoms with van der Waals surface area (Å²) in [4.78, 5) is 43.4. The molecule has 2 amide bonds. The third kappa shape index (κ3) is 4.66. The van der Waals surface area contributed by atoms with Gasteiger partial charge in [-0.05, 0) is 49.3 Å². The molecule has 0 radical (unpaired) electrons. The summed E-state index contributed by atoms with van der Waals surface area (Å²) < 4.78 is 6.50. The Labute approximate surface area is 183 Å². The molecular weight excluding hydrogens is 416 g/mol. The number of pyridine rings is 1. The van der Waals surface area contributed by atoms with Gasteiger partial charge >= 0.3 is 5.76 Å². The molecule has 0 spiro atoms. The average Bonchev–Trinajstić information content (AvgIpc) is 3.12. The zero-order valence-corrected chi connectivity index (χ0v) is 18.1. The highest BCUT2D eigenvalue weighted by molar-refractivity contribution is 7.98. The molecule has 1 aliphatic heterocycles. The number of rotatable bonds is 6. The number of amides is 2. The zero-order valence-electron chi connectivity index (χ0n) is 17.2. The number of carbonyl (C=O) groups excluding carboxylic acids is 2. The van der Waals surface area contributed by atoms with Gasteiger partial charge in [-0.3, -0.25) is 14.2 Å². The van der Waals surface area contributed by atoms with Gasteiger partial charge in [0.25, 0.3) is 5.91 Å². The van der Waals surface area contributed by atoms with E-state index in [2.05, 4.69) is 10.3 Å². The first-order valence-corrected chi connectivity index (χ1v) is 11.4. The Bertz CT molecular complexity index is 1150. The summed E-state index contributed by atoms with van der Waals surface area (Å²) in [5.74, 6) is -0.471. The highest BCUT2D eigenvalue weighted by Crippen LogP contribution is 2.22. The molecule has 3 heterocycles. The zero-order chi connectivity index (χ0) is 21.8. The van der Waals surface area contributed by atoms with Crippen LogP contribution in [0.25, 0.3) is 11.1 Å². The van der Waals surface area contributed by atoms with Gasteiger partial charge in [-0.25, -0.2) is 9.78 Å². The van der Waals surface area contributed by atoms with Crippen LogP contribution in [0.4, 0.5) is 0 Å². The van der Waals surface area contributed by atoms with E-state index in [0.29, 0.717) is 42.2 Å². The molecule has 1 aromatic carbocycles. The number of oxazole rings is 1. The molecule has 2 aromatic heterocycles. The van der Waals surface area contributed by atoms with Crippen molar-refractivity contribution in [1.29, 1.82) is 0 Å². The molecule has 1 saturated heterocycles. The van der Waals surface area contributed by atoms with E-state index in [-0.39, 0.29) is 18.4 Å². The minimum Gasteiger partial charge on any atom is -0.408 e. The van der Waals surface area contributed by atoms with Crippen LogP contribution in [-0.2, 0) is 11.3 Å². The topological polar surface area (TPSA) is 97.4 Å². The first kappa shape index (κ1) is 21.2. The number of hydrogen-bond donors (Lipinski definition) is 1. The number of likely N-dealkylation sites (tertiary alicyclic amines) is 1. The van der Waals surface area contributed by atoms with Gasteiger partial charge in [-0.2, -0.15) is 0 Å². The van der Waals surface area contributed by atoms with Crippen molar-refractivity contribution in [2.24, 2.45) is 5.92 Å². The molecule has 0 bridgehead atoms. The summed E-state index contributed by atoms with van der Waals surface area (Å²) >= 11 is 1.47. The largest absolute Gasteiger partial charge is 0.420 e. The molecule has 9 heteroatoms. The summed E-state index contributed by atoms with van der Waals surface area (Å²) in [6, 6.07) is 10.6. The molecule has 0 aliphatic carbocycles. The van der Waals surface area contributed by atoms with Crippen molar-refractivity contribution in [1.82, 2.24) is 19.8 Å². The van der Waals surface area contributed by atoms with Gasteiger partial charge in [-0.1, -0.05) is 12.1 Å². The first-order valence-electron chi connectivity index (χ1n) is 10.2. The van der Waals surface area contributed by atoms with Gasteiger partial charge in [0.2, 0.25) is 5.91 Å². The highest BCUT2D eigenvalue weighted by Gasteiger charge is 2.25. The molecule has 0 unspecified atom stereocenters. The quantitative estimate of drug-likeness (QED) is 0.591. The van der Waals surface area contributed by atoms with Gasteiger partial charge in [0.15, 0.2) is 5.58 Å². The van der Waals surface area contributed by atoms with Gasteiger partial charge in [-0.15, -0.1) is 11.8 Å². The van der Waals surface area contributed by atoms with Crippen molar-refractivity contribution in [3.8, 4) is 0 Å². The van der Waals surface area contributed by atoms with Gasteiger partial charge < -0.3 is 14.6 Å². The maximum Gasteiger partial charge on any atom is 0.420 e. The Hall–Kier alpha value is -3.07. The fraction of sp³-hybridized carbons (Fsp3) is 0.364. The number of thioether (sulfide) groups is 1. The van der Waals surface area contributed by atoms with Gasteiger partial charge in [0, 0.05) is 25.8 Å². The molecular formula is C22H24N4O4S. The molecule has 1 aliphatic rings. The lowest BCUT2D eigenvalue weighted by molar-refractivity contribution is -0.121. The summed E-state index contributed by atoms with van der Waals surface area (Å²) in [5, 5.41) is 3.66. The Kier molecular flexibility index (Phi) is 6.41. The summed E-state index contributed by atoms with van der Waals surface area (Å²) in [7, 11) is 0. The molecule has 0 atom stereocenters. The monoisotopic (exact) mass is 440 g/mol. The fourth-order valence-electron chi connectivity index (χ4n) is 3.85. The van der Waals surface area contributed by atoms with E-state index in [1.54, 1.807) is 36.5 Å². The highest BCUT2D eigenvalue weighted by atomic mass is 32.2. The molecule has 162 valence electrons. The van der Waals surface area contributed by atoms with Crippen LogP contribution in [0.5, 0.6) is 0 Å². The van der Waals surface area contributed by atoms with E-state index in [9.17, 15) is 14.4 Å². The summed E-state index contributed by atoms with van der Waals surface area (Å²) in [6.07, 6.45) is 5.23. The fourth-order valence-corrected chi connectivity index (χ4v) is 4.39. The Morgan fingerprint density at radius 3 is 2.74 bits per heavy atom. The summed E-state index contributed by atoms with van der Waals surface area (Å²) in [5.41, 5.74) is 1.71.